The van der Waals surface area contributed by atoms with Crippen molar-refractivity contribution in [3.8, 4) is 0 Å². The van der Waals surface area contributed by atoms with E-state index in [0.29, 0.717) is 32.1 Å². The minimum Gasteiger partial charge on any atom is -0.457 e. The Bertz CT molecular complexity index is 859. The molecule has 33 heavy (non-hydrogen) atoms. The Balaban J connectivity index is 1.56. The molecule has 6 nitrogen and oxygen atoms in total. The molecule has 0 spiro atoms. The minimum atomic E-state index is -1.60. The van der Waals surface area contributed by atoms with Crippen LogP contribution in [0.5, 0.6) is 0 Å². The molecule has 0 aromatic rings. The van der Waals surface area contributed by atoms with Gasteiger partial charge in [-0.05, 0) is 80.6 Å². The summed E-state index contributed by atoms with van der Waals surface area (Å²) in [6.45, 7) is 7.56. The van der Waals surface area contributed by atoms with Crippen molar-refractivity contribution in [2.75, 3.05) is 6.61 Å². The van der Waals surface area contributed by atoms with Crippen LogP contribution in [0.15, 0.2) is 11.6 Å². The van der Waals surface area contributed by atoms with Crippen molar-refractivity contribution < 1.29 is 29.3 Å². The van der Waals surface area contributed by atoms with Crippen LogP contribution in [0, 0.1) is 34.5 Å². The Morgan fingerprint density at radius 3 is 2.52 bits per heavy atom. The molecule has 0 saturated heterocycles. The van der Waals surface area contributed by atoms with Crippen molar-refractivity contribution in [3.05, 3.63) is 11.6 Å². The second-order valence-electron chi connectivity index (χ2n) is 11.5. The Labute approximate surface area is 197 Å². The summed E-state index contributed by atoms with van der Waals surface area (Å²) in [6, 6.07) is 0. The van der Waals surface area contributed by atoms with Gasteiger partial charge in [0.1, 0.15) is 5.60 Å². The Hall–Kier alpha value is -1.53. The molecule has 3 fully saturated rings. The van der Waals surface area contributed by atoms with E-state index in [9.17, 15) is 24.6 Å². The van der Waals surface area contributed by atoms with Gasteiger partial charge in [0.05, 0.1) is 12.0 Å². The van der Waals surface area contributed by atoms with Gasteiger partial charge in [0, 0.05) is 11.8 Å². The first-order chi connectivity index (χ1) is 15.5. The molecule has 6 heteroatoms. The van der Waals surface area contributed by atoms with Crippen LogP contribution in [-0.2, 0) is 19.1 Å². The fourth-order valence-electron chi connectivity index (χ4n) is 8.15. The number of rotatable bonds is 6. The molecule has 0 unspecified atom stereocenters. The third kappa shape index (κ3) is 3.63. The molecule has 0 radical (unpaired) electrons. The summed E-state index contributed by atoms with van der Waals surface area (Å²) in [5, 5.41) is 23.1. The zero-order chi connectivity index (χ0) is 24.2. The summed E-state index contributed by atoms with van der Waals surface area (Å²) in [6.07, 6.45) is 6.85. The highest BCUT2D eigenvalue weighted by Gasteiger charge is 2.68. The number of aliphatic hydroxyl groups is 2. The molecular formula is C27H40O6. The molecule has 0 aromatic heterocycles. The number of ketones is 2. The fourth-order valence-corrected chi connectivity index (χ4v) is 8.15. The maximum absolute atomic E-state index is 13.3. The van der Waals surface area contributed by atoms with E-state index in [2.05, 4.69) is 6.92 Å². The van der Waals surface area contributed by atoms with Crippen LogP contribution in [0.1, 0.15) is 85.5 Å². The normalized spacial score (nSPS) is 42.3. The Kier molecular flexibility index (Phi) is 6.41. The summed E-state index contributed by atoms with van der Waals surface area (Å²) in [7, 11) is 0. The van der Waals surface area contributed by atoms with Crippen molar-refractivity contribution >= 4 is 17.5 Å². The van der Waals surface area contributed by atoms with Crippen molar-refractivity contribution in [1.82, 2.24) is 0 Å². The Morgan fingerprint density at radius 1 is 1.15 bits per heavy atom. The zero-order valence-corrected chi connectivity index (χ0v) is 20.6. The van der Waals surface area contributed by atoms with Gasteiger partial charge in [-0.1, -0.05) is 33.3 Å². The fraction of sp³-hybridized carbons (Fsp3) is 0.815. The molecule has 0 amide bonds. The van der Waals surface area contributed by atoms with E-state index in [4.69, 9.17) is 4.74 Å². The van der Waals surface area contributed by atoms with E-state index in [1.807, 2.05) is 26.8 Å². The lowest BCUT2D eigenvalue weighted by molar-refractivity contribution is -0.185. The molecule has 3 saturated carbocycles. The number of Topliss-reactive ketones (excluding diaryl/α,β-unsaturated/α-hetero) is 1. The van der Waals surface area contributed by atoms with Gasteiger partial charge in [0.2, 0.25) is 5.78 Å². The monoisotopic (exact) mass is 460 g/mol. The predicted molar refractivity (Wildman–Crippen MR) is 123 cm³/mol. The largest absolute Gasteiger partial charge is 0.457 e. The molecular weight excluding hydrogens is 420 g/mol. The molecule has 7 atom stereocenters. The van der Waals surface area contributed by atoms with Crippen LogP contribution in [0.4, 0.5) is 0 Å². The van der Waals surface area contributed by atoms with Gasteiger partial charge >= 0.3 is 5.97 Å². The van der Waals surface area contributed by atoms with Crippen molar-refractivity contribution in [3.63, 3.8) is 0 Å². The van der Waals surface area contributed by atoms with E-state index in [-0.39, 0.29) is 40.8 Å². The lowest BCUT2D eigenvalue weighted by Gasteiger charge is -2.60. The number of fused-ring (bicyclic) bond motifs is 5. The highest BCUT2D eigenvalue weighted by Crippen LogP contribution is 2.67. The van der Waals surface area contributed by atoms with Crippen molar-refractivity contribution in [2.45, 2.75) is 97.2 Å². The van der Waals surface area contributed by atoms with E-state index >= 15 is 0 Å². The molecule has 0 aromatic carbocycles. The van der Waals surface area contributed by atoms with Gasteiger partial charge in [-0.2, -0.15) is 0 Å². The third-order valence-corrected chi connectivity index (χ3v) is 10.2. The van der Waals surface area contributed by atoms with Crippen molar-refractivity contribution in [2.24, 2.45) is 34.5 Å². The first kappa shape index (κ1) is 24.6. The number of aliphatic hydroxyl groups excluding tert-OH is 1. The molecule has 4 rings (SSSR count). The number of hydrogen-bond donors (Lipinski definition) is 2. The first-order valence-corrected chi connectivity index (χ1v) is 12.9. The number of carbonyl (C=O) groups is 3. The highest BCUT2D eigenvalue weighted by atomic mass is 16.5. The van der Waals surface area contributed by atoms with Crippen LogP contribution in [0.3, 0.4) is 0 Å². The number of hydrogen-bond acceptors (Lipinski definition) is 6. The lowest BCUT2D eigenvalue weighted by Crippen LogP contribution is -2.62. The SMILES string of the molecule is CCC(CC)C(=O)OCC(=O)[C@@]1(O)CC[C@H]2[C@@H]3CCC4=CC(=O)CC[C@]4(C)[C@H]3[C@H](O)C[C@@]21C. The molecule has 0 bridgehead atoms. The van der Waals surface area contributed by atoms with Crippen LogP contribution < -0.4 is 0 Å². The summed E-state index contributed by atoms with van der Waals surface area (Å²) < 4.78 is 5.33. The van der Waals surface area contributed by atoms with Gasteiger partial charge in [-0.15, -0.1) is 0 Å². The maximum Gasteiger partial charge on any atom is 0.309 e. The molecule has 4 aliphatic rings. The number of allylic oxidation sites excluding steroid dienone is 1. The molecule has 0 heterocycles. The standard InChI is InChI=1S/C27H40O6/c1-5-16(6-2)24(31)33-15-22(30)27(32)12-10-20-19-8-7-17-13-18(28)9-11-25(17,3)23(19)21(29)14-26(20,27)4/h13,16,19-21,23,29,32H,5-12,14-15H2,1-4H3/t19-,20-,21+,23+,25-,26-,27-/m0/s1. The number of ether oxygens (including phenoxy) is 1. The van der Waals surface area contributed by atoms with Gasteiger partial charge in [-0.25, -0.2) is 0 Å². The quantitative estimate of drug-likeness (QED) is 0.585. The summed E-state index contributed by atoms with van der Waals surface area (Å²) >= 11 is 0. The van der Waals surface area contributed by atoms with Crippen LogP contribution >= 0.6 is 0 Å². The van der Waals surface area contributed by atoms with E-state index in [1.54, 1.807) is 0 Å². The average Bonchev–Trinajstić information content (AvgIpc) is 3.04. The minimum absolute atomic E-state index is 0.0359. The summed E-state index contributed by atoms with van der Waals surface area (Å²) in [4.78, 5) is 37.6. The van der Waals surface area contributed by atoms with Crippen LogP contribution in [-0.4, -0.2) is 46.1 Å². The zero-order valence-electron chi connectivity index (χ0n) is 20.6. The average molecular weight is 461 g/mol. The second kappa shape index (κ2) is 8.60. The topological polar surface area (TPSA) is 101 Å². The van der Waals surface area contributed by atoms with Crippen LogP contribution in [0.2, 0.25) is 0 Å². The lowest BCUT2D eigenvalue weighted by atomic mass is 9.45. The summed E-state index contributed by atoms with van der Waals surface area (Å²) in [5.41, 5.74) is -1.39. The summed E-state index contributed by atoms with van der Waals surface area (Å²) in [5.74, 6) is -0.526. The highest BCUT2D eigenvalue weighted by molar-refractivity contribution is 5.92. The van der Waals surface area contributed by atoms with Gasteiger partial charge < -0.3 is 14.9 Å². The number of carbonyl (C=O) groups excluding carboxylic acids is 3. The Morgan fingerprint density at radius 2 is 1.85 bits per heavy atom. The molecule has 0 aliphatic heterocycles. The first-order valence-electron chi connectivity index (χ1n) is 12.9. The van der Waals surface area contributed by atoms with E-state index < -0.39 is 29.5 Å². The predicted octanol–water partition coefficient (Wildman–Crippen LogP) is 3.77. The van der Waals surface area contributed by atoms with E-state index in [1.165, 1.54) is 5.57 Å². The molecule has 4 aliphatic carbocycles. The molecule has 184 valence electrons. The van der Waals surface area contributed by atoms with Gasteiger partial charge in [0.25, 0.3) is 0 Å². The van der Waals surface area contributed by atoms with Gasteiger partial charge in [-0.3, -0.25) is 14.4 Å². The number of esters is 1. The second-order valence-corrected chi connectivity index (χ2v) is 11.5. The van der Waals surface area contributed by atoms with E-state index in [0.717, 1.165) is 25.7 Å². The smallest absolute Gasteiger partial charge is 0.309 e. The third-order valence-electron chi connectivity index (χ3n) is 10.2. The maximum atomic E-state index is 13.3. The van der Waals surface area contributed by atoms with Gasteiger partial charge in [0.15, 0.2) is 12.4 Å². The van der Waals surface area contributed by atoms with Crippen molar-refractivity contribution in [1.29, 1.82) is 0 Å². The van der Waals surface area contributed by atoms with Crippen LogP contribution in [0.25, 0.3) is 0 Å². The molecule has 2 N–H and O–H groups in total.